The first-order valence-corrected chi connectivity index (χ1v) is 15.5. The van der Waals surface area contributed by atoms with E-state index in [0.717, 1.165) is 30.5 Å². The highest BCUT2D eigenvalue weighted by atomic mass is 16.7. The Bertz CT molecular complexity index is 1640. The van der Waals surface area contributed by atoms with Crippen LogP contribution < -0.4 is 4.74 Å². The summed E-state index contributed by atoms with van der Waals surface area (Å²) in [5.74, 6) is -2.09. The van der Waals surface area contributed by atoms with Crippen LogP contribution in [-0.2, 0) is 43.7 Å². The summed E-state index contributed by atoms with van der Waals surface area (Å²) >= 11 is 0. The monoisotopic (exact) mass is 669 g/mol. The Hall–Kier alpha value is -5.59. The van der Waals surface area contributed by atoms with Gasteiger partial charge in [0.15, 0.2) is 12.2 Å². The predicted molar refractivity (Wildman–Crippen MR) is 174 cm³/mol. The molecule has 0 unspecified atom stereocenters. The largest absolute Gasteiger partial charge is 0.461 e. The van der Waals surface area contributed by atoms with E-state index in [-0.39, 0.29) is 18.0 Å². The molecular weight excluding hydrogens is 634 g/mol. The summed E-state index contributed by atoms with van der Waals surface area (Å²) in [7, 11) is 0. The van der Waals surface area contributed by atoms with Crippen molar-refractivity contribution in [2.24, 2.45) is 0 Å². The first-order valence-electron chi connectivity index (χ1n) is 15.5. The van der Waals surface area contributed by atoms with Gasteiger partial charge in [-0.15, -0.1) is 0 Å². The lowest BCUT2D eigenvalue weighted by Gasteiger charge is -2.45. The number of carbonyl (C=O) groups excluding carboxylic acids is 3. The molecule has 0 aromatic heterocycles. The third-order valence-electron chi connectivity index (χ3n) is 7.80. The van der Waals surface area contributed by atoms with Gasteiger partial charge in [0.1, 0.15) is 17.5 Å². The van der Waals surface area contributed by atoms with Crippen molar-refractivity contribution in [2.45, 2.75) is 57.1 Å². The van der Waals surface area contributed by atoms with Crippen LogP contribution in [0.1, 0.15) is 37.5 Å². The number of rotatable bonds is 12. The summed E-state index contributed by atoms with van der Waals surface area (Å²) in [4.78, 5) is 47.9. The number of nitro benzene ring substituents is 1. The van der Waals surface area contributed by atoms with Gasteiger partial charge in [0, 0.05) is 32.9 Å². The SMILES string of the molecule is CC(=O)O[C@@H]1[C@@H](OC(C)=O)[C@@H](Oc2ccc([N+](=O)[O-])cc2)O[C@H](COC(c2ccccc2)(c2ccccc2)c2ccccc2)[C@H]1OC(C)=O. The molecule has 4 aromatic carbocycles. The van der Waals surface area contributed by atoms with Crippen LogP contribution in [0.4, 0.5) is 5.69 Å². The summed E-state index contributed by atoms with van der Waals surface area (Å²) in [5, 5.41) is 11.2. The standard InChI is InChI=1S/C37H35NO11/c1-24(39)45-33-32(23-44-37(27-13-7-4-8-14-27,28-15-9-5-10-16-28)29-17-11-6-12-18-29)49-36(35(47-26(3)41)34(33)46-25(2)40)48-31-21-19-30(20-22-31)38(42)43/h4-22,32-36H,23H2,1-3H3/t32-,33-,34+,35-,36+/m1/s1. The molecule has 5 rings (SSSR count). The van der Waals surface area contributed by atoms with Gasteiger partial charge < -0.3 is 28.4 Å². The Morgan fingerprint density at radius 2 is 1.08 bits per heavy atom. The second kappa shape index (κ2) is 15.5. The van der Waals surface area contributed by atoms with Crippen molar-refractivity contribution >= 4 is 23.6 Å². The minimum Gasteiger partial charge on any atom is -0.461 e. The smallest absolute Gasteiger partial charge is 0.303 e. The maximum atomic E-state index is 12.5. The molecule has 254 valence electrons. The highest BCUT2D eigenvalue weighted by molar-refractivity contribution is 5.68. The first-order chi connectivity index (χ1) is 23.6. The maximum absolute atomic E-state index is 12.5. The topological polar surface area (TPSA) is 150 Å². The van der Waals surface area contributed by atoms with E-state index in [4.69, 9.17) is 28.4 Å². The minimum absolute atomic E-state index is 0.132. The summed E-state index contributed by atoms with van der Waals surface area (Å²) in [5.41, 5.74) is 0.999. The highest BCUT2D eigenvalue weighted by Gasteiger charge is 2.54. The van der Waals surface area contributed by atoms with Gasteiger partial charge in [-0.25, -0.2) is 0 Å². The van der Waals surface area contributed by atoms with Crippen LogP contribution in [0.5, 0.6) is 5.75 Å². The van der Waals surface area contributed by atoms with Crippen LogP contribution in [0.2, 0.25) is 0 Å². The van der Waals surface area contributed by atoms with Gasteiger partial charge in [0.25, 0.3) is 5.69 Å². The molecule has 1 aliphatic heterocycles. The fraction of sp³-hybridized carbons (Fsp3) is 0.270. The number of benzene rings is 4. The van der Waals surface area contributed by atoms with E-state index in [1.54, 1.807) is 0 Å². The van der Waals surface area contributed by atoms with E-state index < -0.39 is 59.1 Å². The van der Waals surface area contributed by atoms with E-state index >= 15 is 0 Å². The number of nitrogens with zero attached hydrogens (tertiary/aromatic N) is 1. The van der Waals surface area contributed by atoms with Crippen molar-refractivity contribution in [3.8, 4) is 5.75 Å². The fourth-order valence-electron chi connectivity index (χ4n) is 5.84. The zero-order chi connectivity index (χ0) is 35.0. The second-order valence-electron chi connectivity index (χ2n) is 11.2. The second-order valence-corrected chi connectivity index (χ2v) is 11.2. The van der Waals surface area contributed by atoms with Crippen molar-refractivity contribution in [1.82, 2.24) is 0 Å². The molecule has 49 heavy (non-hydrogen) atoms. The number of nitro groups is 1. The lowest BCUT2D eigenvalue weighted by molar-refractivity contribution is -0.384. The Kier molecular flexibility index (Phi) is 11.0. The van der Waals surface area contributed by atoms with E-state index in [2.05, 4.69) is 0 Å². The first kappa shape index (κ1) is 34.7. The Morgan fingerprint density at radius 3 is 1.51 bits per heavy atom. The molecule has 0 N–H and O–H groups in total. The van der Waals surface area contributed by atoms with E-state index in [1.807, 2.05) is 91.0 Å². The number of hydrogen-bond donors (Lipinski definition) is 0. The van der Waals surface area contributed by atoms with Crippen LogP contribution in [0.3, 0.4) is 0 Å². The summed E-state index contributed by atoms with van der Waals surface area (Å²) in [6, 6.07) is 33.8. The Labute approximate surface area is 282 Å². The van der Waals surface area contributed by atoms with Crippen LogP contribution >= 0.6 is 0 Å². The van der Waals surface area contributed by atoms with E-state index in [0.29, 0.717) is 0 Å². The van der Waals surface area contributed by atoms with Crippen LogP contribution in [0.15, 0.2) is 115 Å². The summed E-state index contributed by atoms with van der Waals surface area (Å²) < 4.78 is 36.3. The molecule has 0 bridgehead atoms. The Morgan fingerprint density at radius 1 is 0.653 bits per heavy atom. The van der Waals surface area contributed by atoms with Gasteiger partial charge in [-0.3, -0.25) is 24.5 Å². The summed E-state index contributed by atoms with van der Waals surface area (Å²) in [6.07, 6.45) is -6.72. The molecule has 0 spiro atoms. The predicted octanol–water partition coefficient (Wildman–Crippen LogP) is 5.50. The minimum atomic E-state index is -1.44. The van der Waals surface area contributed by atoms with Gasteiger partial charge >= 0.3 is 17.9 Å². The number of non-ortho nitro benzene ring substituents is 1. The number of hydrogen-bond acceptors (Lipinski definition) is 11. The zero-order valence-corrected chi connectivity index (χ0v) is 27.0. The van der Waals surface area contributed by atoms with Crippen LogP contribution in [-0.4, -0.2) is 60.1 Å². The molecule has 12 heteroatoms. The number of ether oxygens (including phenoxy) is 6. The van der Waals surface area contributed by atoms with Crippen molar-refractivity contribution in [1.29, 1.82) is 0 Å². The van der Waals surface area contributed by atoms with Crippen LogP contribution in [0.25, 0.3) is 0 Å². The quantitative estimate of drug-likeness (QED) is 0.0618. The number of carbonyl (C=O) groups is 3. The van der Waals surface area contributed by atoms with Crippen LogP contribution in [0, 0.1) is 10.1 Å². The van der Waals surface area contributed by atoms with Crippen molar-refractivity contribution in [3.63, 3.8) is 0 Å². The third-order valence-corrected chi connectivity index (χ3v) is 7.80. The zero-order valence-electron chi connectivity index (χ0n) is 27.0. The molecule has 12 nitrogen and oxygen atoms in total. The molecule has 0 aliphatic carbocycles. The van der Waals surface area contributed by atoms with Gasteiger partial charge in [-0.2, -0.15) is 0 Å². The van der Waals surface area contributed by atoms with Gasteiger partial charge in [-0.1, -0.05) is 91.0 Å². The molecule has 4 aromatic rings. The molecule has 0 radical (unpaired) electrons. The van der Waals surface area contributed by atoms with Gasteiger partial charge in [0.2, 0.25) is 12.4 Å². The van der Waals surface area contributed by atoms with Crippen molar-refractivity contribution in [2.75, 3.05) is 6.61 Å². The highest BCUT2D eigenvalue weighted by Crippen LogP contribution is 2.41. The fourth-order valence-corrected chi connectivity index (χ4v) is 5.84. The normalized spacial score (nSPS) is 20.4. The molecule has 1 aliphatic rings. The molecule has 5 atom stereocenters. The summed E-state index contributed by atoms with van der Waals surface area (Å²) in [6.45, 7) is 3.25. The van der Waals surface area contributed by atoms with Crippen molar-refractivity contribution in [3.05, 3.63) is 142 Å². The average Bonchev–Trinajstić information content (AvgIpc) is 3.09. The third kappa shape index (κ3) is 8.11. The van der Waals surface area contributed by atoms with E-state index in [1.165, 1.54) is 31.2 Å². The van der Waals surface area contributed by atoms with E-state index in [9.17, 15) is 24.5 Å². The Balaban J connectivity index is 1.60. The lowest BCUT2D eigenvalue weighted by atomic mass is 9.80. The molecule has 1 heterocycles. The molecular formula is C37H35NO11. The average molecular weight is 670 g/mol. The lowest BCUT2D eigenvalue weighted by Crippen LogP contribution is -2.63. The molecule has 1 saturated heterocycles. The maximum Gasteiger partial charge on any atom is 0.303 e. The van der Waals surface area contributed by atoms with Crippen molar-refractivity contribution < 1.29 is 47.7 Å². The number of esters is 3. The van der Waals surface area contributed by atoms with Gasteiger partial charge in [-0.05, 0) is 28.8 Å². The molecule has 0 saturated carbocycles. The molecule has 1 fully saturated rings. The van der Waals surface area contributed by atoms with Gasteiger partial charge in [0.05, 0.1) is 11.5 Å². The molecule has 0 amide bonds.